The van der Waals surface area contributed by atoms with Crippen LogP contribution in [-0.2, 0) is 14.3 Å². The highest BCUT2D eigenvalue weighted by atomic mass is 16.5. The molecule has 4 aliphatic rings. The van der Waals surface area contributed by atoms with Crippen LogP contribution in [0.25, 0.3) is 11.1 Å². The number of carboxylic acid groups (broad SMARTS) is 1. The molecule has 3 aliphatic carbocycles. The zero-order valence-electron chi connectivity index (χ0n) is 19.8. The van der Waals surface area contributed by atoms with Gasteiger partial charge in [0.05, 0.1) is 5.41 Å². The third-order valence-corrected chi connectivity index (χ3v) is 8.85. The molecule has 1 saturated heterocycles. The maximum Gasteiger partial charge on any atom is 0.407 e. The Labute approximate surface area is 204 Å². The van der Waals surface area contributed by atoms with Crippen LogP contribution in [0.4, 0.5) is 4.79 Å². The van der Waals surface area contributed by atoms with Gasteiger partial charge in [0.1, 0.15) is 12.1 Å². The maximum absolute atomic E-state index is 13.4. The lowest BCUT2D eigenvalue weighted by Gasteiger charge is -2.34. The topological polar surface area (TPSA) is 95.9 Å². The van der Waals surface area contributed by atoms with E-state index in [1.807, 2.05) is 24.3 Å². The number of amides is 2. The summed E-state index contributed by atoms with van der Waals surface area (Å²) < 4.78 is 5.69. The third-order valence-electron chi connectivity index (χ3n) is 8.85. The number of carbonyl (C=O) groups is 3. The highest BCUT2D eigenvalue weighted by Gasteiger charge is 2.67. The second-order valence-electron chi connectivity index (χ2n) is 10.8. The molecule has 0 spiro atoms. The number of aliphatic carboxylic acids is 1. The van der Waals surface area contributed by atoms with E-state index in [4.69, 9.17) is 4.74 Å². The molecule has 2 aromatic carbocycles. The number of likely N-dealkylation sites (tertiary alicyclic amines) is 1. The molecule has 2 N–H and O–H groups in total. The van der Waals surface area contributed by atoms with Crippen molar-refractivity contribution in [3.8, 4) is 11.1 Å². The summed E-state index contributed by atoms with van der Waals surface area (Å²) in [6.45, 7) is 2.39. The van der Waals surface area contributed by atoms with Gasteiger partial charge in [0, 0.05) is 18.5 Å². The number of ether oxygens (including phenoxy) is 1. The molecule has 2 amide bonds. The SMILES string of the molecule is C[C@]1(C(=O)O)CCCN1C(=O)[C@]12C[C@H](NC(=O)OCC3c4ccccc4-c4ccccc43)C[C@H]1C2. The average Bonchev–Trinajstić information content (AvgIpc) is 3.13. The summed E-state index contributed by atoms with van der Waals surface area (Å²) in [5, 5.41) is 12.7. The van der Waals surface area contributed by atoms with Crippen molar-refractivity contribution in [3.05, 3.63) is 59.7 Å². The molecule has 0 bridgehead atoms. The van der Waals surface area contributed by atoms with Crippen molar-refractivity contribution in [2.75, 3.05) is 13.2 Å². The van der Waals surface area contributed by atoms with E-state index in [2.05, 4.69) is 29.6 Å². The van der Waals surface area contributed by atoms with Gasteiger partial charge in [0.25, 0.3) is 0 Å². The average molecular weight is 475 g/mol. The van der Waals surface area contributed by atoms with E-state index in [1.54, 1.807) is 11.8 Å². The van der Waals surface area contributed by atoms with Gasteiger partial charge in [0.15, 0.2) is 0 Å². The summed E-state index contributed by atoms with van der Waals surface area (Å²) in [5.41, 5.74) is 3.05. The van der Waals surface area contributed by atoms with E-state index in [-0.39, 0.29) is 30.4 Å². The molecule has 7 heteroatoms. The number of rotatable bonds is 5. The first-order valence-corrected chi connectivity index (χ1v) is 12.5. The van der Waals surface area contributed by atoms with E-state index < -0.39 is 23.0 Å². The van der Waals surface area contributed by atoms with Crippen LogP contribution in [-0.4, -0.2) is 52.7 Å². The summed E-state index contributed by atoms with van der Waals surface area (Å²) in [7, 11) is 0. The summed E-state index contributed by atoms with van der Waals surface area (Å²) in [5.74, 6) is -0.792. The molecule has 0 unspecified atom stereocenters. The molecule has 7 nitrogen and oxygen atoms in total. The molecule has 3 fully saturated rings. The molecule has 35 heavy (non-hydrogen) atoms. The van der Waals surface area contributed by atoms with Crippen LogP contribution >= 0.6 is 0 Å². The Morgan fingerprint density at radius 3 is 2.37 bits per heavy atom. The molecule has 6 rings (SSSR count). The van der Waals surface area contributed by atoms with Gasteiger partial charge >= 0.3 is 12.1 Å². The minimum Gasteiger partial charge on any atom is -0.480 e. The van der Waals surface area contributed by atoms with Crippen LogP contribution in [0.3, 0.4) is 0 Å². The lowest BCUT2D eigenvalue weighted by atomic mass is 9.94. The summed E-state index contributed by atoms with van der Waals surface area (Å²) in [6, 6.07) is 16.3. The van der Waals surface area contributed by atoms with Gasteiger partial charge in [0.2, 0.25) is 5.91 Å². The van der Waals surface area contributed by atoms with Gasteiger partial charge in [-0.1, -0.05) is 48.5 Å². The zero-order chi connectivity index (χ0) is 24.4. The predicted molar refractivity (Wildman–Crippen MR) is 129 cm³/mol. The summed E-state index contributed by atoms with van der Waals surface area (Å²) in [4.78, 5) is 39.6. The molecule has 2 aromatic rings. The number of hydrogen-bond acceptors (Lipinski definition) is 4. The number of carboxylic acids is 1. The number of nitrogens with zero attached hydrogens (tertiary/aromatic N) is 1. The second-order valence-corrected chi connectivity index (χ2v) is 10.8. The smallest absolute Gasteiger partial charge is 0.407 e. The van der Waals surface area contributed by atoms with Gasteiger partial charge in [-0.3, -0.25) is 4.79 Å². The van der Waals surface area contributed by atoms with E-state index in [9.17, 15) is 19.5 Å². The molecule has 2 saturated carbocycles. The Balaban J connectivity index is 1.08. The monoisotopic (exact) mass is 474 g/mol. The van der Waals surface area contributed by atoms with Gasteiger partial charge in [-0.15, -0.1) is 0 Å². The van der Waals surface area contributed by atoms with Crippen LogP contribution in [0, 0.1) is 11.3 Å². The second kappa shape index (κ2) is 7.83. The maximum atomic E-state index is 13.4. The van der Waals surface area contributed by atoms with Crippen molar-refractivity contribution in [3.63, 3.8) is 0 Å². The van der Waals surface area contributed by atoms with E-state index >= 15 is 0 Å². The third kappa shape index (κ3) is 3.35. The predicted octanol–water partition coefficient (Wildman–Crippen LogP) is 4.16. The summed E-state index contributed by atoms with van der Waals surface area (Å²) >= 11 is 0. The van der Waals surface area contributed by atoms with Crippen molar-refractivity contribution < 1.29 is 24.2 Å². The fourth-order valence-corrected chi connectivity index (χ4v) is 6.85. The van der Waals surface area contributed by atoms with Crippen LogP contribution in [0.1, 0.15) is 56.1 Å². The Morgan fingerprint density at radius 1 is 1.06 bits per heavy atom. The van der Waals surface area contributed by atoms with Crippen molar-refractivity contribution in [2.24, 2.45) is 11.3 Å². The number of carbonyl (C=O) groups excluding carboxylic acids is 2. The molecule has 4 atom stereocenters. The Hall–Kier alpha value is -3.35. The molecule has 1 aliphatic heterocycles. The van der Waals surface area contributed by atoms with E-state index in [0.717, 1.165) is 12.8 Å². The number of hydrogen-bond donors (Lipinski definition) is 2. The van der Waals surface area contributed by atoms with Crippen LogP contribution in [0.15, 0.2) is 48.5 Å². The molecule has 0 aromatic heterocycles. The quantitative estimate of drug-likeness (QED) is 0.679. The van der Waals surface area contributed by atoms with E-state index in [0.29, 0.717) is 25.8 Å². The van der Waals surface area contributed by atoms with E-state index in [1.165, 1.54) is 22.3 Å². The van der Waals surface area contributed by atoms with Crippen molar-refractivity contribution in [2.45, 2.75) is 56.5 Å². The van der Waals surface area contributed by atoms with Crippen LogP contribution in [0.5, 0.6) is 0 Å². The first-order valence-electron chi connectivity index (χ1n) is 12.5. The number of fused-ring (bicyclic) bond motifs is 4. The lowest BCUT2D eigenvalue weighted by molar-refractivity contribution is -0.157. The standard InChI is InChI=1S/C28H30N2O5/c1-27(25(32)33)11-6-12-30(27)24(31)28-14-17(28)13-18(15-28)29-26(34)35-16-23-21-9-4-2-7-19(21)20-8-3-5-10-22(20)23/h2-5,7-10,17-18,23H,6,11-16H2,1H3,(H,29,34)(H,32,33)/t17-,18+,27+,28+/m0/s1. The van der Waals surface area contributed by atoms with Crippen molar-refractivity contribution >= 4 is 18.0 Å². The highest BCUT2D eigenvalue weighted by Crippen LogP contribution is 2.65. The Kier molecular flexibility index (Phi) is 4.95. The molecule has 182 valence electrons. The van der Waals surface area contributed by atoms with Gasteiger partial charge in [-0.25, -0.2) is 9.59 Å². The number of benzene rings is 2. The fraction of sp³-hybridized carbons (Fsp3) is 0.464. The Bertz CT molecular complexity index is 1180. The lowest BCUT2D eigenvalue weighted by Crippen LogP contribution is -2.53. The fourth-order valence-electron chi connectivity index (χ4n) is 6.85. The zero-order valence-corrected chi connectivity index (χ0v) is 19.8. The molecular formula is C28H30N2O5. The van der Waals surface area contributed by atoms with Gasteiger partial charge < -0.3 is 20.1 Å². The van der Waals surface area contributed by atoms with Crippen molar-refractivity contribution in [1.82, 2.24) is 10.2 Å². The minimum absolute atomic E-state index is 0.00177. The first-order chi connectivity index (χ1) is 16.8. The minimum atomic E-state index is -1.13. The highest BCUT2D eigenvalue weighted by molar-refractivity contribution is 5.93. The van der Waals surface area contributed by atoms with Gasteiger partial charge in [-0.05, 0) is 67.2 Å². The molecular weight excluding hydrogens is 444 g/mol. The van der Waals surface area contributed by atoms with Gasteiger partial charge in [-0.2, -0.15) is 0 Å². The normalized spacial score (nSPS) is 30.4. The number of nitrogens with one attached hydrogen (secondary N) is 1. The molecule has 1 heterocycles. The largest absolute Gasteiger partial charge is 0.480 e. The number of alkyl carbamates (subject to hydrolysis) is 1. The molecule has 0 radical (unpaired) electrons. The Morgan fingerprint density at radius 2 is 1.71 bits per heavy atom. The first kappa shape index (κ1) is 22.1. The van der Waals surface area contributed by atoms with Crippen molar-refractivity contribution in [1.29, 1.82) is 0 Å². The summed E-state index contributed by atoms with van der Waals surface area (Å²) in [6.07, 6.45) is 2.78. The van der Waals surface area contributed by atoms with Crippen LogP contribution in [0.2, 0.25) is 0 Å². The van der Waals surface area contributed by atoms with Crippen LogP contribution < -0.4 is 5.32 Å².